The largest absolute Gasteiger partial charge is 0.444 e. The van der Waals surface area contributed by atoms with E-state index in [2.05, 4.69) is 17.6 Å². The summed E-state index contributed by atoms with van der Waals surface area (Å²) in [6.07, 6.45) is 1.47. The molecule has 0 saturated carbocycles. The van der Waals surface area contributed by atoms with E-state index in [4.69, 9.17) is 9.47 Å². The Kier molecular flexibility index (Phi) is 14.0. The maximum atomic E-state index is 12.8. The Bertz CT molecular complexity index is 596. The van der Waals surface area contributed by atoms with Crippen molar-refractivity contribution in [1.82, 2.24) is 10.6 Å². The summed E-state index contributed by atoms with van der Waals surface area (Å²) < 4.78 is 10.6. The van der Waals surface area contributed by atoms with Gasteiger partial charge in [-0.25, -0.2) is 4.79 Å². The number of hydrogen-bond acceptors (Lipinski definition) is 8. The van der Waals surface area contributed by atoms with Crippen molar-refractivity contribution in [2.75, 3.05) is 6.61 Å². The summed E-state index contributed by atoms with van der Waals surface area (Å²) in [5.74, 6) is -0.770. The molecule has 1 rings (SSSR count). The van der Waals surface area contributed by atoms with Crippen LogP contribution in [0.15, 0.2) is 0 Å². The summed E-state index contributed by atoms with van der Waals surface area (Å²) in [5, 5.41) is 44.7. The lowest BCUT2D eigenvalue weighted by atomic mass is 9.94. The van der Waals surface area contributed by atoms with E-state index < -0.39 is 60.9 Å². The van der Waals surface area contributed by atoms with Crippen molar-refractivity contribution in [3.05, 3.63) is 0 Å². The van der Waals surface area contributed by atoms with Crippen molar-refractivity contribution >= 4 is 12.0 Å². The molecule has 1 aliphatic heterocycles. The highest BCUT2D eigenvalue weighted by molar-refractivity contribution is 5.82. The zero-order valence-corrected chi connectivity index (χ0v) is 21.2. The lowest BCUT2D eigenvalue weighted by Crippen LogP contribution is -2.63. The maximum Gasteiger partial charge on any atom is 0.409 e. The van der Waals surface area contributed by atoms with Crippen LogP contribution in [0.25, 0.3) is 0 Å². The molecule has 0 aromatic heterocycles. The van der Waals surface area contributed by atoms with Crippen LogP contribution in [-0.4, -0.2) is 81.3 Å². The van der Waals surface area contributed by atoms with Crippen molar-refractivity contribution in [3.8, 4) is 0 Å². The van der Waals surface area contributed by atoms with Crippen LogP contribution in [0, 0.1) is 0 Å². The van der Waals surface area contributed by atoms with Crippen LogP contribution in [0.4, 0.5) is 4.79 Å². The minimum absolute atomic E-state index is 0.443. The summed E-state index contributed by atoms with van der Waals surface area (Å²) in [6.45, 7) is 6.75. The van der Waals surface area contributed by atoms with Gasteiger partial charge in [0, 0.05) is 0 Å². The molecule has 0 aromatic rings. The Hall–Kier alpha value is -1.46. The van der Waals surface area contributed by atoms with Gasteiger partial charge in [-0.15, -0.1) is 0 Å². The first-order valence-electron chi connectivity index (χ1n) is 12.6. The van der Waals surface area contributed by atoms with Crippen molar-refractivity contribution in [2.24, 2.45) is 0 Å². The van der Waals surface area contributed by atoms with Crippen molar-refractivity contribution < 1.29 is 39.5 Å². The fraction of sp³-hybridized carbons (Fsp3) is 0.917. The molecule has 1 fully saturated rings. The van der Waals surface area contributed by atoms with Crippen LogP contribution in [0.2, 0.25) is 0 Å². The minimum atomic E-state index is -1.69. The number of alkyl carbamates (subject to hydrolysis) is 1. The van der Waals surface area contributed by atoms with E-state index in [-0.39, 0.29) is 0 Å². The highest BCUT2D eigenvalue weighted by atomic mass is 16.6. The van der Waals surface area contributed by atoms with Gasteiger partial charge in [-0.05, 0) is 33.6 Å². The van der Waals surface area contributed by atoms with Crippen molar-refractivity contribution in [2.45, 2.75) is 134 Å². The molecular formula is C24H46N2O8. The molecule has 0 spiro atoms. The van der Waals surface area contributed by atoms with Crippen LogP contribution in [0.5, 0.6) is 0 Å². The number of amides is 2. The smallest absolute Gasteiger partial charge is 0.409 e. The van der Waals surface area contributed by atoms with Crippen LogP contribution in [-0.2, 0) is 14.3 Å². The Morgan fingerprint density at radius 3 is 1.97 bits per heavy atom. The lowest BCUT2D eigenvalue weighted by molar-refractivity contribution is -0.227. The average molecular weight is 491 g/mol. The van der Waals surface area contributed by atoms with Crippen molar-refractivity contribution in [3.63, 3.8) is 0 Å². The van der Waals surface area contributed by atoms with Gasteiger partial charge in [-0.3, -0.25) is 4.79 Å². The fourth-order valence-corrected chi connectivity index (χ4v) is 3.86. The first-order chi connectivity index (χ1) is 16.0. The predicted molar refractivity (Wildman–Crippen MR) is 127 cm³/mol. The number of aliphatic hydroxyl groups excluding tert-OH is 4. The van der Waals surface area contributed by atoms with Gasteiger partial charge in [0.1, 0.15) is 36.2 Å². The maximum absolute atomic E-state index is 12.8. The van der Waals surface area contributed by atoms with Gasteiger partial charge in [0.2, 0.25) is 0 Å². The number of nitrogens with one attached hydrogen (secondary N) is 2. The molecule has 10 nitrogen and oxygen atoms in total. The molecule has 0 aliphatic carbocycles. The second-order valence-electron chi connectivity index (χ2n) is 10.1. The number of carbonyl (C=O) groups excluding carboxylic acids is 2. The third-order valence-corrected chi connectivity index (χ3v) is 5.75. The molecule has 6 atom stereocenters. The highest BCUT2D eigenvalue weighted by Crippen LogP contribution is 2.21. The van der Waals surface area contributed by atoms with E-state index >= 15 is 0 Å². The van der Waals surface area contributed by atoms with Crippen LogP contribution >= 0.6 is 0 Å². The monoisotopic (exact) mass is 490 g/mol. The van der Waals surface area contributed by atoms with Gasteiger partial charge in [0.15, 0.2) is 6.10 Å². The van der Waals surface area contributed by atoms with E-state index in [0.29, 0.717) is 6.42 Å². The molecular weight excluding hydrogens is 444 g/mol. The first-order valence-corrected chi connectivity index (χ1v) is 12.6. The third kappa shape index (κ3) is 11.3. The number of ether oxygens (including phenoxy) is 2. The molecule has 1 heterocycles. The Labute approximate surface area is 203 Å². The van der Waals surface area contributed by atoms with Gasteiger partial charge >= 0.3 is 6.09 Å². The molecule has 0 unspecified atom stereocenters. The quantitative estimate of drug-likeness (QED) is 0.159. The molecule has 1 aliphatic rings. The SMILES string of the molecule is CCCCCCCCCCC[C@@H](NC(=O)OC(C)(C)C)NC(=O)[C@@H]1O[C@H](CO)[C@H](O)[C@H](O)[C@H]1O. The Balaban J connectivity index is 2.63. The molecule has 0 aromatic carbocycles. The molecule has 200 valence electrons. The summed E-state index contributed by atoms with van der Waals surface area (Å²) in [5.41, 5.74) is -0.715. The molecule has 2 amide bonds. The second-order valence-corrected chi connectivity index (χ2v) is 10.1. The van der Waals surface area contributed by atoms with E-state index in [0.717, 1.165) is 25.7 Å². The Morgan fingerprint density at radius 2 is 1.44 bits per heavy atom. The van der Waals surface area contributed by atoms with E-state index in [1.165, 1.54) is 32.1 Å². The number of unbranched alkanes of at least 4 members (excludes halogenated alkanes) is 8. The summed E-state index contributed by atoms with van der Waals surface area (Å²) in [6, 6.07) is 0. The van der Waals surface area contributed by atoms with Crippen molar-refractivity contribution in [1.29, 1.82) is 0 Å². The van der Waals surface area contributed by atoms with Gasteiger partial charge in [-0.1, -0.05) is 58.3 Å². The molecule has 1 saturated heterocycles. The standard InChI is InChI=1S/C24H46N2O8/c1-5-6-7-8-9-10-11-12-13-14-17(26-23(32)34-24(2,3)4)25-22(31)21-20(30)19(29)18(28)16(15-27)33-21/h16-21,27-30H,5-15H2,1-4H3,(H,25,31)(H,26,32)/t16-,17-,18+,19+,20-,21-/m1/s1. The van der Waals surface area contributed by atoms with E-state index in [1.54, 1.807) is 20.8 Å². The lowest BCUT2D eigenvalue weighted by Gasteiger charge is -2.39. The molecule has 0 radical (unpaired) electrons. The molecule has 34 heavy (non-hydrogen) atoms. The van der Waals surface area contributed by atoms with E-state index in [9.17, 15) is 30.0 Å². The minimum Gasteiger partial charge on any atom is -0.444 e. The van der Waals surface area contributed by atoms with Crippen LogP contribution in [0.1, 0.15) is 91.9 Å². The van der Waals surface area contributed by atoms with Gasteiger partial charge in [0.25, 0.3) is 5.91 Å². The van der Waals surface area contributed by atoms with E-state index in [1.807, 2.05) is 0 Å². The second kappa shape index (κ2) is 15.5. The first kappa shape index (κ1) is 30.6. The third-order valence-electron chi connectivity index (χ3n) is 5.75. The normalized spacial score (nSPS) is 26.1. The highest BCUT2D eigenvalue weighted by Gasteiger charge is 2.46. The van der Waals surface area contributed by atoms with Gasteiger partial charge in [0.05, 0.1) is 6.61 Å². The summed E-state index contributed by atoms with van der Waals surface area (Å²) in [4.78, 5) is 25.1. The Morgan fingerprint density at radius 1 is 0.882 bits per heavy atom. The molecule has 0 bridgehead atoms. The molecule has 10 heteroatoms. The number of carbonyl (C=O) groups is 2. The zero-order valence-electron chi connectivity index (χ0n) is 21.2. The topological polar surface area (TPSA) is 158 Å². The van der Waals surface area contributed by atoms with Crippen LogP contribution in [0.3, 0.4) is 0 Å². The average Bonchev–Trinajstić information content (AvgIpc) is 2.75. The zero-order chi connectivity index (χ0) is 25.7. The van der Waals surface area contributed by atoms with Gasteiger partial charge in [-0.2, -0.15) is 0 Å². The number of aliphatic hydroxyl groups is 4. The predicted octanol–water partition coefficient (Wildman–Crippen LogP) is 1.72. The summed E-state index contributed by atoms with van der Waals surface area (Å²) >= 11 is 0. The number of hydrogen-bond donors (Lipinski definition) is 6. The van der Waals surface area contributed by atoms with Crippen LogP contribution < -0.4 is 10.6 Å². The van der Waals surface area contributed by atoms with Gasteiger partial charge < -0.3 is 40.5 Å². The number of rotatable bonds is 14. The molecule has 6 N–H and O–H groups in total. The fourth-order valence-electron chi connectivity index (χ4n) is 3.86. The summed E-state index contributed by atoms with van der Waals surface area (Å²) in [7, 11) is 0.